The molecule has 0 unspecified atom stereocenters. The van der Waals surface area contributed by atoms with Crippen LogP contribution in [0, 0.1) is 19.3 Å². The number of benzene rings is 2. The standard InChI is InChI=1S/C29H39N2/c1-19-15-23(28(3,4)5)17-25(20(19)2)27-24-10-9-22(16-26(24)30-18-31(27)8)21-11-13-29(6,7)14-12-21/h9-10,15-18,21H,11-14H2,1-8H3/q+1. The molecule has 2 aromatic carbocycles. The molecule has 1 aliphatic carbocycles. The van der Waals surface area contributed by atoms with Crippen molar-refractivity contribution in [1.82, 2.24) is 4.98 Å². The van der Waals surface area contributed by atoms with Crippen LogP contribution in [0.25, 0.3) is 22.2 Å². The Morgan fingerprint density at radius 3 is 2.32 bits per heavy atom. The second-order valence-electron chi connectivity index (χ2n) is 11.6. The minimum atomic E-state index is 0.122. The lowest BCUT2D eigenvalue weighted by atomic mass is 9.71. The molecule has 0 saturated heterocycles. The Labute approximate surface area is 188 Å². The molecule has 1 heterocycles. The fourth-order valence-corrected chi connectivity index (χ4v) is 5.11. The summed E-state index contributed by atoms with van der Waals surface area (Å²) >= 11 is 0. The summed E-state index contributed by atoms with van der Waals surface area (Å²) in [4.78, 5) is 4.84. The predicted molar refractivity (Wildman–Crippen MR) is 132 cm³/mol. The Morgan fingerprint density at radius 1 is 1.00 bits per heavy atom. The van der Waals surface area contributed by atoms with Gasteiger partial charge in [-0.25, -0.2) is 4.57 Å². The van der Waals surface area contributed by atoms with E-state index in [0.717, 1.165) is 5.52 Å². The van der Waals surface area contributed by atoms with Crippen molar-refractivity contribution in [3.8, 4) is 11.3 Å². The zero-order chi connectivity index (χ0) is 22.6. The van der Waals surface area contributed by atoms with Gasteiger partial charge < -0.3 is 0 Å². The molecular formula is C29H39N2+. The molecule has 0 radical (unpaired) electrons. The van der Waals surface area contributed by atoms with Crippen molar-refractivity contribution in [2.24, 2.45) is 12.5 Å². The third kappa shape index (κ3) is 4.27. The first-order valence-corrected chi connectivity index (χ1v) is 11.9. The maximum Gasteiger partial charge on any atom is 0.287 e. The molecule has 3 aromatic rings. The lowest BCUT2D eigenvalue weighted by Crippen LogP contribution is -2.32. The van der Waals surface area contributed by atoms with E-state index >= 15 is 0 Å². The number of hydrogen-bond donors (Lipinski definition) is 0. The van der Waals surface area contributed by atoms with Gasteiger partial charge in [0.1, 0.15) is 5.69 Å². The average molecular weight is 416 g/mol. The van der Waals surface area contributed by atoms with Crippen LogP contribution in [0.2, 0.25) is 0 Å². The van der Waals surface area contributed by atoms with Crippen LogP contribution in [0.15, 0.2) is 36.7 Å². The molecule has 31 heavy (non-hydrogen) atoms. The van der Waals surface area contributed by atoms with Crippen LogP contribution in [0.5, 0.6) is 0 Å². The summed E-state index contributed by atoms with van der Waals surface area (Å²) in [5.74, 6) is 0.671. The third-order valence-electron chi connectivity index (χ3n) is 7.60. The lowest BCUT2D eigenvalue weighted by Gasteiger charge is -2.34. The quantitative estimate of drug-likeness (QED) is 0.401. The van der Waals surface area contributed by atoms with Gasteiger partial charge in [-0.2, -0.15) is 0 Å². The van der Waals surface area contributed by atoms with E-state index in [0.29, 0.717) is 11.3 Å². The zero-order valence-corrected chi connectivity index (χ0v) is 20.8. The van der Waals surface area contributed by atoms with Crippen molar-refractivity contribution in [2.75, 3.05) is 0 Å². The van der Waals surface area contributed by atoms with Gasteiger partial charge in [-0.15, -0.1) is 0 Å². The second kappa shape index (κ2) is 7.73. The van der Waals surface area contributed by atoms with Crippen molar-refractivity contribution >= 4 is 10.9 Å². The van der Waals surface area contributed by atoms with Gasteiger partial charge in [0.25, 0.3) is 6.33 Å². The third-order valence-corrected chi connectivity index (χ3v) is 7.60. The van der Waals surface area contributed by atoms with Crippen molar-refractivity contribution in [2.45, 2.75) is 85.5 Å². The number of nitrogens with zero attached hydrogens (tertiary/aromatic N) is 2. The molecule has 2 heteroatoms. The fraction of sp³-hybridized carbons (Fsp3) is 0.517. The maximum absolute atomic E-state index is 4.84. The molecule has 0 amide bonds. The molecule has 1 aliphatic rings. The van der Waals surface area contributed by atoms with Crippen molar-refractivity contribution in [3.63, 3.8) is 0 Å². The number of fused-ring (bicyclic) bond motifs is 1. The summed E-state index contributed by atoms with van der Waals surface area (Å²) in [6, 6.07) is 11.8. The monoisotopic (exact) mass is 415 g/mol. The minimum Gasteiger partial charge on any atom is -0.232 e. The molecule has 4 rings (SSSR count). The normalized spacial score (nSPS) is 17.3. The molecule has 1 fully saturated rings. The van der Waals surface area contributed by atoms with Gasteiger partial charge in [-0.1, -0.05) is 46.8 Å². The van der Waals surface area contributed by atoms with E-state index in [1.807, 2.05) is 6.33 Å². The second-order valence-corrected chi connectivity index (χ2v) is 11.6. The summed E-state index contributed by atoms with van der Waals surface area (Å²) < 4.78 is 2.19. The van der Waals surface area contributed by atoms with E-state index in [1.165, 1.54) is 64.6 Å². The maximum atomic E-state index is 4.84. The number of rotatable bonds is 2. The first-order chi connectivity index (χ1) is 14.5. The molecule has 1 saturated carbocycles. The largest absolute Gasteiger partial charge is 0.287 e. The highest BCUT2D eigenvalue weighted by Gasteiger charge is 2.28. The number of hydrogen-bond acceptors (Lipinski definition) is 1. The SMILES string of the molecule is Cc1cc(C(C)(C)C)cc(-c2c3ccc(C4CCC(C)(C)CC4)cc3nc[n+]2C)c1C. The summed E-state index contributed by atoms with van der Waals surface area (Å²) in [7, 11) is 2.12. The highest BCUT2D eigenvalue weighted by molar-refractivity contribution is 5.92. The van der Waals surface area contributed by atoms with Gasteiger partial charge in [-0.3, -0.25) is 0 Å². The summed E-state index contributed by atoms with van der Waals surface area (Å²) in [5.41, 5.74) is 9.90. The first-order valence-electron chi connectivity index (χ1n) is 11.9. The van der Waals surface area contributed by atoms with Gasteiger partial charge in [0, 0.05) is 5.56 Å². The fourth-order valence-electron chi connectivity index (χ4n) is 5.11. The molecule has 0 N–H and O–H groups in total. The summed E-state index contributed by atoms with van der Waals surface area (Å²) in [6.45, 7) is 16.2. The summed E-state index contributed by atoms with van der Waals surface area (Å²) in [6.07, 6.45) is 7.20. The molecular weight excluding hydrogens is 376 g/mol. The van der Waals surface area contributed by atoms with Gasteiger partial charge in [-0.05, 0) is 102 Å². The topological polar surface area (TPSA) is 16.8 Å². The van der Waals surface area contributed by atoms with Crippen LogP contribution in [-0.4, -0.2) is 4.98 Å². The van der Waals surface area contributed by atoms with Gasteiger partial charge in [0.2, 0.25) is 0 Å². The molecule has 2 nitrogen and oxygen atoms in total. The predicted octanol–water partition coefficient (Wildman–Crippen LogP) is 7.32. The highest BCUT2D eigenvalue weighted by Crippen LogP contribution is 2.43. The molecule has 0 atom stereocenters. The number of aryl methyl sites for hydroxylation is 2. The minimum absolute atomic E-state index is 0.122. The highest BCUT2D eigenvalue weighted by atomic mass is 15.0. The van der Waals surface area contributed by atoms with E-state index in [2.05, 4.69) is 90.4 Å². The van der Waals surface area contributed by atoms with Crippen LogP contribution in [0.1, 0.15) is 88.5 Å². The lowest BCUT2D eigenvalue weighted by molar-refractivity contribution is -0.662. The Kier molecular flexibility index (Phi) is 5.48. The van der Waals surface area contributed by atoms with E-state index in [4.69, 9.17) is 4.98 Å². The number of aromatic nitrogens is 2. The molecule has 1 aromatic heterocycles. The average Bonchev–Trinajstić information content (AvgIpc) is 2.69. The van der Waals surface area contributed by atoms with Crippen LogP contribution in [0.3, 0.4) is 0 Å². The van der Waals surface area contributed by atoms with Crippen LogP contribution in [-0.2, 0) is 12.5 Å². The van der Waals surface area contributed by atoms with E-state index in [9.17, 15) is 0 Å². The Hall–Kier alpha value is -2.22. The summed E-state index contributed by atoms with van der Waals surface area (Å²) in [5, 5.41) is 1.25. The van der Waals surface area contributed by atoms with Crippen LogP contribution in [0.4, 0.5) is 0 Å². The molecule has 0 spiro atoms. The molecule has 0 aliphatic heterocycles. The van der Waals surface area contributed by atoms with Gasteiger partial charge in [0.15, 0.2) is 5.52 Å². The van der Waals surface area contributed by atoms with Gasteiger partial charge >= 0.3 is 0 Å². The smallest absolute Gasteiger partial charge is 0.232 e. The Bertz CT molecular complexity index is 1120. The Balaban J connectivity index is 1.83. The molecule has 0 bridgehead atoms. The zero-order valence-electron chi connectivity index (χ0n) is 20.8. The molecule has 164 valence electrons. The van der Waals surface area contributed by atoms with Gasteiger partial charge in [0.05, 0.1) is 12.4 Å². The first kappa shape index (κ1) is 22.0. The van der Waals surface area contributed by atoms with Crippen molar-refractivity contribution in [1.29, 1.82) is 0 Å². The van der Waals surface area contributed by atoms with Crippen molar-refractivity contribution < 1.29 is 4.57 Å². The van der Waals surface area contributed by atoms with Crippen molar-refractivity contribution in [3.05, 3.63) is 58.9 Å². The van der Waals surface area contributed by atoms with Crippen LogP contribution < -0.4 is 4.57 Å². The Morgan fingerprint density at radius 2 is 1.68 bits per heavy atom. The van der Waals surface area contributed by atoms with E-state index < -0.39 is 0 Å². The van der Waals surface area contributed by atoms with E-state index in [-0.39, 0.29) is 5.41 Å². The van der Waals surface area contributed by atoms with Crippen LogP contribution >= 0.6 is 0 Å². The van der Waals surface area contributed by atoms with E-state index in [1.54, 1.807) is 0 Å².